The van der Waals surface area contributed by atoms with Crippen molar-refractivity contribution in [1.82, 2.24) is 25.5 Å². The van der Waals surface area contributed by atoms with Gasteiger partial charge in [0.1, 0.15) is 11.0 Å². The number of rotatable bonds is 7. The van der Waals surface area contributed by atoms with Gasteiger partial charge in [0, 0.05) is 44.8 Å². The first-order valence-electron chi connectivity index (χ1n) is 9.29. The van der Waals surface area contributed by atoms with Crippen molar-refractivity contribution in [3.05, 3.63) is 11.2 Å². The van der Waals surface area contributed by atoms with Crippen LogP contribution in [0.15, 0.2) is 11.2 Å². The Kier molecular flexibility index (Phi) is 7.01. The van der Waals surface area contributed by atoms with Gasteiger partial charge >= 0.3 is 6.03 Å². The summed E-state index contributed by atoms with van der Waals surface area (Å²) >= 11 is 7.43. The van der Waals surface area contributed by atoms with Crippen LogP contribution in [-0.4, -0.2) is 71.3 Å². The normalized spacial score (nSPS) is 17.0. The van der Waals surface area contributed by atoms with Gasteiger partial charge in [0.2, 0.25) is 5.91 Å². The Morgan fingerprint density at radius 2 is 2.00 bits per heavy atom. The summed E-state index contributed by atoms with van der Waals surface area (Å²) in [6.45, 7) is 5.34. The highest BCUT2D eigenvalue weighted by molar-refractivity contribution is 7.99. The third kappa shape index (κ3) is 6.14. The molecule has 1 aromatic heterocycles. The largest absolute Gasteiger partial charge is 0.353 e. The van der Waals surface area contributed by atoms with E-state index in [4.69, 9.17) is 11.6 Å². The molecule has 0 atom stereocenters. The first-order valence-corrected chi connectivity index (χ1v) is 10.7. The molecule has 27 heavy (non-hydrogen) atoms. The Morgan fingerprint density at radius 3 is 2.67 bits per heavy atom. The van der Waals surface area contributed by atoms with Gasteiger partial charge in [-0.15, -0.1) is 0 Å². The van der Waals surface area contributed by atoms with Crippen LogP contribution in [0.25, 0.3) is 0 Å². The maximum absolute atomic E-state index is 12.0. The van der Waals surface area contributed by atoms with Crippen LogP contribution in [0, 0.1) is 0 Å². The number of urea groups is 1. The quantitative estimate of drug-likeness (QED) is 0.403. The highest BCUT2D eigenvalue weighted by Gasteiger charge is 2.24. The second-order valence-electron chi connectivity index (χ2n) is 6.67. The van der Waals surface area contributed by atoms with Crippen LogP contribution in [0.3, 0.4) is 0 Å². The summed E-state index contributed by atoms with van der Waals surface area (Å²) in [6.07, 6.45) is 3.05. The van der Waals surface area contributed by atoms with Gasteiger partial charge in [-0.2, -0.15) is 0 Å². The zero-order chi connectivity index (χ0) is 19.2. The van der Waals surface area contributed by atoms with Gasteiger partial charge < -0.3 is 20.4 Å². The van der Waals surface area contributed by atoms with E-state index < -0.39 is 0 Å². The van der Waals surface area contributed by atoms with Gasteiger partial charge in [-0.25, -0.2) is 14.8 Å². The molecule has 0 bridgehead atoms. The van der Waals surface area contributed by atoms with Gasteiger partial charge in [0.25, 0.3) is 0 Å². The van der Waals surface area contributed by atoms with E-state index in [0.29, 0.717) is 49.1 Å². The molecular formula is C17H25ClN6O2S. The molecular weight excluding hydrogens is 388 g/mol. The molecule has 2 aliphatic rings. The Morgan fingerprint density at radius 1 is 1.26 bits per heavy atom. The number of aromatic nitrogens is 2. The number of carbonyl (C=O) groups excluding carboxylic acids is 2. The average Bonchev–Trinajstić information content (AvgIpc) is 3.48. The maximum Gasteiger partial charge on any atom is 0.317 e. The van der Waals surface area contributed by atoms with Gasteiger partial charge in [0.05, 0.1) is 5.75 Å². The van der Waals surface area contributed by atoms with Crippen molar-refractivity contribution in [1.29, 1.82) is 0 Å². The predicted molar refractivity (Wildman–Crippen MR) is 106 cm³/mol. The number of nitrogens with zero attached hydrogens (tertiary/aromatic N) is 4. The molecule has 1 aromatic rings. The molecule has 1 aliphatic carbocycles. The van der Waals surface area contributed by atoms with Crippen LogP contribution in [-0.2, 0) is 4.79 Å². The Balaban J connectivity index is 1.53. The molecule has 1 aliphatic heterocycles. The molecule has 1 saturated carbocycles. The van der Waals surface area contributed by atoms with Gasteiger partial charge in [0.15, 0.2) is 5.16 Å². The molecule has 1 saturated heterocycles. The third-order valence-corrected chi connectivity index (χ3v) is 5.39. The number of halogens is 1. The first kappa shape index (κ1) is 20.0. The second kappa shape index (κ2) is 9.45. The van der Waals surface area contributed by atoms with E-state index in [-0.39, 0.29) is 17.7 Å². The van der Waals surface area contributed by atoms with Crippen LogP contribution in [0.2, 0.25) is 5.15 Å². The molecule has 148 valence electrons. The molecule has 0 unspecified atom stereocenters. The molecule has 3 rings (SSSR count). The van der Waals surface area contributed by atoms with Crippen LogP contribution in [0.1, 0.15) is 26.2 Å². The minimum Gasteiger partial charge on any atom is -0.353 e. The standard InChI is InChI=1S/C17H25ClN6O2S/c1-2-5-19-17(26)24-8-6-23(7-9-24)14-10-13(18)21-16(22-14)27-11-15(25)20-12-3-4-12/h10,12H,2-9,11H2,1H3,(H,19,26)(H,20,25). The molecule has 0 aromatic carbocycles. The monoisotopic (exact) mass is 412 g/mol. The van der Waals surface area contributed by atoms with E-state index >= 15 is 0 Å². The number of amides is 3. The fraction of sp³-hybridized carbons (Fsp3) is 0.647. The minimum absolute atomic E-state index is 0.000619. The number of hydrogen-bond acceptors (Lipinski definition) is 6. The lowest BCUT2D eigenvalue weighted by Gasteiger charge is -2.35. The molecule has 2 heterocycles. The maximum atomic E-state index is 12.0. The zero-order valence-electron chi connectivity index (χ0n) is 15.4. The van der Waals surface area contributed by atoms with Crippen LogP contribution in [0.5, 0.6) is 0 Å². The van der Waals surface area contributed by atoms with Gasteiger partial charge in [-0.05, 0) is 19.3 Å². The summed E-state index contributed by atoms with van der Waals surface area (Å²) in [5, 5.41) is 6.69. The first-order chi connectivity index (χ1) is 13.0. The van der Waals surface area contributed by atoms with Gasteiger partial charge in [-0.3, -0.25) is 4.79 Å². The van der Waals surface area contributed by atoms with Crippen molar-refractivity contribution >= 4 is 41.1 Å². The molecule has 8 nitrogen and oxygen atoms in total. The summed E-state index contributed by atoms with van der Waals surface area (Å²) in [5.41, 5.74) is 0. The van der Waals surface area contributed by atoms with E-state index in [1.807, 2.05) is 11.8 Å². The molecule has 3 amide bonds. The fourth-order valence-electron chi connectivity index (χ4n) is 2.72. The lowest BCUT2D eigenvalue weighted by Crippen LogP contribution is -2.52. The smallest absolute Gasteiger partial charge is 0.317 e. The van der Waals surface area contributed by atoms with Crippen molar-refractivity contribution in [2.75, 3.05) is 43.4 Å². The molecule has 10 heteroatoms. The van der Waals surface area contributed by atoms with Crippen molar-refractivity contribution in [3.8, 4) is 0 Å². The highest BCUT2D eigenvalue weighted by atomic mass is 35.5. The average molecular weight is 413 g/mol. The Hall–Kier alpha value is -1.74. The number of hydrogen-bond donors (Lipinski definition) is 2. The second-order valence-corrected chi connectivity index (χ2v) is 8.00. The summed E-state index contributed by atoms with van der Waals surface area (Å²) < 4.78 is 0. The van der Waals surface area contributed by atoms with Crippen molar-refractivity contribution in [2.24, 2.45) is 0 Å². The molecule has 0 spiro atoms. The predicted octanol–water partition coefficient (Wildman–Crippen LogP) is 1.74. The van der Waals surface area contributed by atoms with Crippen molar-refractivity contribution in [3.63, 3.8) is 0 Å². The zero-order valence-corrected chi connectivity index (χ0v) is 17.0. The molecule has 0 radical (unpaired) electrons. The SMILES string of the molecule is CCCNC(=O)N1CCN(c2cc(Cl)nc(SCC(=O)NC3CC3)n2)CC1. The van der Waals surface area contributed by atoms with Crippen molar-refractivity contribution < 1.29 is 9.59 Å². The van der Waals surface area contributed by atoms with Crippen molar-refractivity contribution in [2.45, 2.75) is 37.4 Å². The number of anilines is 1. The summed E-state index contributed by atoms with van der Waals surface area (Å²) in [7, 11) is 0. The molecule has 2 N–H and O–H groups in total. The number of carbonyl (C=O) groups is 2. The number of thioether (sulfide) groups is 1. The van der Waals surface area contributed by atoms with E-state index in [1.54, 1.807) is 6.07 Å². The topological polar surface area (TPSA) is 90.5 Å². The number of piperazine rings is 1. The fourth-order valence-corrected chi connectivity index (χ4v) is 3.61. The van der Waals surface area contributed by atoms with E-state index in [2.05, 4.69) is 25.5 Å². The molecule has 2 fully saturated rings. The van der Waals surface area contributed by atoms with Crippen LogP contribution < -0.4 is 15.5 Å². The van der Waals surface area contributed by atoms with E-state index in [0.717, 1.165) is 25.1 Å². The van der Waals surface area contributed by atoms with Crippen LogP contribution >= 0.6 is 23.4 Å². The minimum atomic E-state index is -0.0184. The van der Waals surface area contributed by atoms with Crippen LogP contribution in [0.4, 0.5) is 10.6 Å². The Bertz CT molecular complexity index is 679. The van der Waals surface area contributed by atoms with E-state index in [9.17, 15) is 9.59 Å². The summed E-state index contributed by atoms with van der Waals surface area (Å²) in [6, 6.07) is 2.05. The Labute approximate surface area is 168 Å². The highest BCUT2D eigenvalue weighted by Crippen LogP contribution is 2.23. The van der Waals surface area contributed by atoms with Gasteiger partial charge in [-0.1, -0.05) is 30.3 Å². The summed E-state index contributed by atoms with van der Waals surface area (Å²) in [4.78, 5) is 36.5. The lowest BCUT2D eigenvalue weighted by atomic mass is 10.3. The van der Waals surface area contributed by atoms with E-state index in [1.165, 1.54) is 11.8 Å². The third-order valence-electron chi connectivity index (χ3n) is 4.35. The summed E-state index contributed by atoms with van der Waals surface area (Å²) in [5.74, 6) is 1.01. The number of nitrogens with one attached hydrogen (secondary N) is 2. The lowest BCUT2D eigenvalue weighted by molar-refractivity contribution is -0.118.